The second kappa shape index (κ2) is 8.68. The van der Waals surface area contributed by atoms with E-state index in [0.717, 1.165) is 22.0 Å². The van der Waals surface area contributed by atoms with Crippen LogP contribution in [-0.4, -0.2) is 49.1 Å². The Morgan fingerprint density at radius 3 is 2.09 bits per heavy atom. The predicted molar refractivity (Wildman–Crippen MR) is 115 cm³/mol. The van der Waals surface area contributed by atoms with Gasteiger partial charge in [0.05, 0.1) is 16.2 Å². The van der Waals surface area contributed by atoms with Gasteiger partial charge in [0.25, 0.3) is 0 Å². The van der Waals surface area contributed by atoms with Gasteiger partial charge in [0.1, 0.15) is 0 Å². The van der Waals surface area contributed by atoms with Gasteiger partial charge in [0, 0.05) is 36.8 Å². The lowest BCUT2D eigenvalue weighted by molar-refractivity contribution is -0.139. The summed E-state index contributed by atoms with van der Waals surface area (Å²) in [6, 6.07) is 15.0. The van der Waals surface area contributed by atoms with Crippen LogP contribution >= 0.6 is 11.6 Å². The average Bonchev–Trinajstić information content (AvgIpc) is 2.79. The van der Waals surface area contributed by atoms with Crippen LogP contribution in [0.3, 0.4) is 0 Å². The molecule has 0 unspecified atom stereocenters. The molecule has 168 valence electrons. The topological polar surface area (TPSA) is 66.4 Å². The van der Waals surface area contributed by atoms with Crippen LogP contribution in [0.2, 0.25) is 5.02 Å². The van der Waals surface area contributed by atoms with Crippen molar-refractivity contribution in [1.29, 1.82) is 0 Å². The molecule has 0 atom stereocenters. The van der Waals surface area contributed by atoms with E-state index >= 15 is 0 Å². The monoisotopic (exact) mass is 482 g/mol. The third-order valence-electron chi connectivity index (χ3n) is 5.16. The molecule has 0 radical (unpaired) electrons. The van der Waals surface area contributed by atoms with Crippen molar-refractivity contribution < 1.29 is 21.6 Å². The Hall–Kier alpha value is -2.69. The summed E-state index contributed by atoms with van der Waals surface area (Å²) in [5.74, 6) is 0.565. The lowest BCUT2D eigenvalue weighted by Crippen LogP contribution is -2.49. The van der Waals surface area contributed by atoms with Crippen molar-refractivity contribution in [3.8, 4) is 11.3 Å². The first-order chi connectivity index (χ1) is 15.2. The Labute approximate surface area is 188 Å². The second-order valence-corrected chi connectivity index (χ2v) is 9.51. The normalized spacial score (nSPS) is 15.7. The number of piperazine rings is 1. The molecule has 0 aliphatic carbocycles. The molecular weight excluding hydrogens is 465 g/mol. The quantitative estimate of drug-likeness (QED) is 0.554. The predicted octanol–water partition coefficient (Wildman–Crippen LogP) is 4.33. The van der Waals surface area contributed by atoms with Crippen LogP contribution < -0.4 is 4.90 Å². The first kappa shape index (κ1) is 22.5. The molecule has 1 aliphatic heterocycles. The van der Waals surface area contributed by atoms with Gasteiger partial charge >= 0.3 is 6.18 Å². The fourth-order valence-electron chi connectivity index (χ4n) is 3.49. The highest BCUT2D eigenvalue weighted by Crippen LogP contribution is 2.35. The van der Waals surface area contributed by atoms with E-state index in [1.54, 1.807) is 24.3 Å². The number of halogens is 4. The molecule has 1 fully saturated rings. The van der Waals surface area contributed by atoms with Crippen molar-refractivity contribution in [3.05, 3.63) is 71.2 Å². The molecule has 1 aromatic heterocycles. The van der Waals surface area contributed by atoms with E-state index in [0.29, 0.717) is 16.5 Å². The SMILES string of the molecule is O=S(=O)(c1ccccc1C(F)(F)F)N1CCN(c2ccc(-c3ccc(Cl)cc3)nn2)CC1. The number of aromatic nitrogens is 2. The van der Waals surface area contributed by atoms with Gasteiger partial charge in [-0.1, -0.05) is 35.9 Å². The fourth-order valence-corrected chi connectivity index (χ4v) is 5.25. The summed E-state index contributed by atoms with van der Waals surface area (Å²) in [7, 11) is -4.29. The minimum Gasteiger partial charge on any atom is -0.352 e. The lowest BCUT2D eigenvalue weighted by atomic mass is 10.1. The molecule has 2 aromatic carbocycles. The smallest absolute Gasteiger partial charge is 0.352 e. The molecule has 1 aliphatic rings. The van der Waals surface area contributed by atoms with Crippen molar-refractivity contribution in [2.24, 2.45) is 0 Å². The number of benzene rings is 2. The minimum atomic E-state index is -4.76. The molecule has 0 N–H and O–H groups in total. The second-order valence-electron chi connectivity index (χ2n) is 7.17. The summed E-state index contributed by atoms with van der Waals surface area (Å²) in [5.41, 5.74) is 0.356. The van der Waals surface area contributed by atoms with Crippen LogP contribution in [0.25, 0.3) is 11.3 Å². The van der Waals surface area contributed by atoms with Gasteiger partial charge in [0.15, 0.2) is 5.82 Å². The van der Waals surface area contributed by atoms with E-state index in [2.05, 4.69) is 10.2 Å². The van der Waals surface area contributed by atoms with E-state index in [9.17, 15) is 21.6 Å². The Balaban J connectivity index is 1.47. The van der Waals surface area contributed by atoms with Crippen LogP contribution in [-0.2, 0) is 16.2 Å². The van der Waals surface area contributed by atoms with Gasteiger partial charge < -0.3 is 4.90 Å². The highest BCUT2D eigenvalue weighted by Gasteiger charge is 2.39. The molecule has 2 heterocycles. The molecule has 1 saturated heterocycles. The third kappa shape index (κ3) is 4.57. The van der Waals surface area contributed by atoms with Gasteiger partial charge in [-0.05, 0) is 36.4 Å². The van der Waals surface area contributed by atoms with Crippen LogP contribution in [0.15, 0.2) is 65.6 Å². The molecule has 11 heteroatoms. The van der Waals surface area contributed by atoms with Crippen LogP contribution in [0.5, 0.6) is 0 Å². The molecule has 0 saturated carbocycles. The van der Waals surface area contributed by atoms with Crippen molar-refractivity contribution in [2.75, 3.05) is 31.1 Å². The zero-order valence-electron chi connectivity index (χ0n) is 16.6. The third-order valence-corrected chi connectivity index (χ3v) is 7.37. The largest absolute Gasteiger partial charge is 0.417 e. The average molecular weight is 483 g/mol. The molecule has 6 nitrogen and oxygen atoms in total. The standard InChI is InChI=1S/C21H18ClF3N4O2S/c22-16-7-5-15(6-8-16)18-9-10-20(27-26-18)28-11-13-29(14-12-28)32(30,31)19-4-2-1-3-17(19)21(23,24)25/h1-10H,11-14H2. The summed E-state index contributed by atoms with van der Waals surface area (Å²) in [5, 5.41) is 9.05. The van der Waals surface area contributed by atoms with Crippen LogP contribution in [0.4, 0.5) is 19.0 Å². The van der Waals surface area contributed by atoms with E-state index in [4.69, 9.17) is 11.6 Å². The molecule has 4 rings (SSSR count). The van der Waals surface area contributed by atoms with Gasteiger partial charge in [0.2, 0.25) is 10.0 Å². The molecular formula is C21H18ClF3N4O2S. The van der Waals surface area contributed by atoms with E-state index in [-0.39, 0.29) is 26.2 Å². The summed E-state index contributed by atoms with van der Waals surface area (Å²) in [4.78, 5) is 1.12. The fraction of sp³-hybridized carbons (Fsp3) is 0.238. The summed E-state index contributed by atoms with van der Waals surface area (Å²) < 4.78 is 66.7. The number of anilines is 1. The number of sulfonamides is 1. The molecule has 0 amide bonds. The van der Waals surface area contributed by atoms with Gasteiger partial charge in [-0.3, -0.25) is 0 Å². The van der Waals surface area contributed by atoms with Crippen LogP contribution in [0, 0.1) is 0 Å². The Morgan fingerprint density at radius 2 is 1.50 bits per heavy atom. The first-order valence-corrected chi connectivity index (χ1v) is 11.5. The molecule has 3 aromatic rings. The highest BCUT2D eigenvalue weighted by molar-refractivity contribution is 7.89. The Morgan fingerprint density at radius 1 is 0.844 bits per heavy atom. The molecule has 0 spiro atoms. The maximum Gasteiger partial charge on any atom is 0.417 e. The number of rotatable bonds is 4. The van der Waals surface area contributed by atoms with Crippen molar-refractivity contribution >= 4 is 27.4 Å². The Kier molecular flexibility index (Phi) is 6.11. The Bertz CT molecular complexity index is 1190. The van der Waals surface area contributed by atoms with Gasteiger partial charge in [-0.2, -0.15) is 17.5 Å². The minimum absolute atomic E-state index is 0.0368. The lowest BCUT2D eigenvalue weighted by Gasteiger charge is -2.34. The van der Waals surface area contributed by atoms with Crippen molar-refractivity contribution in [3.63, 3.8) is 0 Å². The van der Waals surface area contributed by atoms with Gasteiger partial charge in [-0.15, -0.1) is 10.2 Å². The highest BCUT2D eigenvalue weighted by atomic mass is 35.5. The number of alkyl halides is 3. The zero-order valence-corrected chi connectivity index (χ0v) is 18.2. The molecule has 32 heavy (non-hydrogen) atoms. The van der Waals surface area contributed by atoms with E-state index in [1.807, 2.05) is 17.0 Å². The summed E-state index contributed by atoms with van der Waals surface area (Å²) in [6.45, 7) is 0.634. The summed E-state index contributed by atoms with van der Waals surface area (Å²) in [6.07, 6.45) is -4.76. The first-order valence-electron chi connectivity index (χ1n) is 9.67. The number of hydrogen-bond acceptors (Lipinski definition) is 5. The zero-order chi connectivity index (χ0) is 22.9. The van der Waals surface area contributed by atoms with Crippen LogP contribution in [0.1, 0.15) is 5.56 Å². The number of nitrogens with zero attached hydrogens (tertiary/aromatic N) is 4. The number of hydrogen-bond donors (Lipinski definition) is 0. The molecule has 0 bridgehead atoms. The maximum absolute atomic E-state index is 13.3. The van der Waals surface area contributed by atoms with Crippen molar-refractivity contribution in [2.45, 2.75) is 11.1 Å². The van der Waals surface area contributed by atoms with Crippen molar-refractivity contribution in [1.82, 2.24) is 14.5 Å². The van der Waals surface area contributed by atoms with E-state index < -0.39 is 26.7 Å². The maximum atomic E-state index is 13.3. The van der Waals surface area contributed by atoms with E-state index in [1.165, 1.54) is 12.1 Å². The summed E-state index contributed by atoms with van der Waals surface area (Å²) >= 11 is 5.89. The van der Waals surface area contributed by atoms with Gasteiger partial charge in [-0.25, -0.2) is 8.42 Å².